The molecule has 0 spiro atoms. The van der Waals surface area contributed by atoms with Crippen molar-refractivity contribution in [3.63, 3.8) is 0 Å². The fourth-order valence-corrected chi connectivity index (χ4v) is 6.73. The maximum atomic E-state index is 13.5. The SMILES string of the molecule is Cc1cc(C2(O)CC3CCCC(C2)N3C(=O)OCC2c3ccccc3-c3ccccc32)cc(C)n1. The van der Waals surface area contributed by atoms with Crippen LogP contribution in [0.5, 0.6) is 0 Å². The number of piperidine rings is 2. The van der Waals surface area contributed by atoms with E-state index in [1.807, 2.05) is 30.9 Å². The molecule has 5 heteroatoms. The van der Waals surface area contributed by atoms with Gasteiger partial charge in [0.2, 0.25) is 0 Å². The number of nitrogens with zero attached hydrogens (tertiary/aromatic N) is 2. The van der Waals surface area contributed by atoms with Crippen LogP contribution in [-0.2, 0) is 10.3 Å². The molecule has 0 saturated carbocycles. The van der Waals surface area contributed by atoms with Gasteiger partial charge >= 0.3 is 6.09 Å². The van der Waals surface area contributed by atoms with E-state index in [-0.39, 0.29) is 24.1 Å². The van der Waals surface area contributed by atoms with E-state index >= 15 is 0 Å². The molecule has 2 saturated heterocycles. The van der Waals surface area contributed by atoms with Crippen molar-refractivity contribution in [2.45, 2.75) is 69.6 Å². The maximum absolute atomic E-state index is 13.5. The van der Waals surface area contributed by atoms with Crippen LogP contribution < -0.4 is 0 Å². The third kappa shape index (κ3) is 3.82. The van der Waals surface area contributed by atoms with Crippen molar-refractivity contribution in [1.29, 1.82) is 0 Å². The van der Waals surface area contributed by atoms with Gasteiger partial charge in [-0.25, -0.2) is 4.79 Å². The molecule has 2 bridgehead atoms. The number of pyridine rings is 1. The molecule has 1 N–H and O–H groups in total. The molecule has 1 amide bonds. The van der Waals surface area contributed by atoms with Gasteiger partial charge in [-0.1, -0.05) is 48.5 Å². The zero-order valence-electron chi connectivity index (χ0n) is 20.4. The van der Waals surface area contributed by atoms with E-state index in [4.69, 9.17) is 4.74 Å². The van der Waals surface area contributed by atoms with Crippen LogP contribution in [0, 0.1) is 13.8 Å². The second kappa shape index (κ2) is 8.49. The lowest BCUT2D eigenvalue weighted by atomic mass is 9.72. The highest BCUT2D eigenvalue weighted by Crippen LogP contribution is 2.46. The molecule has 2 atom stereocenters. The van der Waals surface area contributed by atoms with Crippen LogP contribution in [0.1, 0.15) is 66.1 Å². The third-order valence-corrected chi connectivity index (χ3v) is 8.17. The minimum absolute atomic E-state index is 0.0167. The maximum Gasteiger partial charge on any atom is 0.410 e. The number of carbonyl (C=O) groups excluding carboxylic acids is 1. The Labute approximate surface area is 206 Å². The predicted molar refractivity (Wildman–Crippen MR) is 135 cm³/mol. The van der Waals surface area contributed by atoms with Gasteiger partial charge in [0.15, 0.2) is 0 Å². The third-order valence-electron chi connectivity index (χ3n) is 8.17. The summed E-state index contributed by atoms with van der Waals surface area (Å²) in [5.41, 5.74) is 6.71. The highest BCUT2D eigenvalue weighted by atomic mass is 16.6. The van der Waals surface area contributed by atoms with Gasteiger partial charge in [0.05, 0.1) is 5.60 Å². The van der Waals surface area contributed by atoms with Gasteiger partial charge < -0.3 is 14.7 Å². The number of aryl methyl sites for hydroxylation is 2. The largest absolute Gasteiger partial charge is 0.448 e. The summed E-state index contributed by atoms with van der Waals surface area (Å²) in [6.45, 7) is 4.26. The molecule has 2 aliphatic heterocycles. The number of rotatable bonds is 3. The summed E-state index contributed by atoms with van der Waals surface area (Å²) in [7, 11) is 0. The first-order valence-corrected chi connectivity index (χ1v) is 12.7. The summed E-state index contributed by atoms with van der Waals surface area (Å²) in [5, 5.41) is 11.7. The molecule has 2 unspecified atom stereocenters. The molecule has 0 radical (unpaired) electrons. The van der Waals surface area contributed by atoms with Crippen molar-refractivity contribution >= 4 is 6.09 Å². The Hall–Kier alpha value is -3.18. The van der Waals surface area contributed by atoms with Gasteiger partial charge in [0.25, 0.3) is 0 Å². The summed E-state index contributed by atoms with van der Waals surface area (Å²) in [5.74, 6) is 0.0516. The topological polar surface area (TPSA) is 62.7 Å². The lowest BCUT2D eigenvalue weighted by molar-refractivity contribution is -0.0892. The predicted octanol–water partition coefficient (Wildman–Crippen LogP) is 5.85. The Morgan fingerprint density at radius 1 is 0.971 bits per heavy atom. The number of hydrogen-bond donors (Lipinski definition) is 1. The number of hydrogen-bond acceptors (Lipinski definition) is 4. The summed E-state index contributed by atoms with van der Waals surface area (Å²) >= 11 is 0. The molecule has 1 aromatic heterocycles. The Bertz CT molecular complexity index is 1210. The number of amides is 1. The molecule has 180 valence electrons. The number of ether oxygens (including phenoxy) is 1. The first-order chi connectivity index (χ1) is 16.9. The first kappa shape index (κ1) is 22.3. The minimum Gasteiger partial charge on any atom is -0.448 e. The van der Waals surface area contributed by atoms with E-state index in [0.29, 0.717) is 19.4 Å². The Morgan fingerprint density at radius 2 is 1.51 bits per heavy atom. The zero-order valence-corrected chi connectivity index (χ0v) is 20.4. The smallest absolute Gasteiger partial charge is 0.410 e. The van der Waals surface area contributed by atoms with E-state index < -0.39 is 5.60 Å². The molecule has 5 nitrogen and oxygen atoms in total. The highest BCUT2D eigenvalue weighted by Gasteiger charge is 2.49. The molecule has 2 fully saturated rings. The minimum atomic E-state index is -0.936. The highest BCUT2D eigenvalue weighted by molar-refractivity contribution is 5.79. The van der Waals surface area contributed by atoms with E-state index in [0.717, 1.165) is 36.2 Å². The van der Waals surface area contributed by atoms with E-state index in [1.165, 1.54) is 22.3 Å². The fourth-order valence-electron chi connectivity index (χ4n) is 6.73. The monoisotopic (exact) mass is 468 g/mol. The zero-order chi connectivity index (χ0) is 24.2. The van der Waals surface area contributed by atoms with Crippen molar-refractivity contribution in [2.75, 3.05) is 6.61 Å². The first-order valence-electron chi connectivity index (χ1n) is 12.7. The Balaban J connectivity index is 1.21. The van der Waals surface area contributed by atoms with Crippen molar-refractivity contribution in [3.8, 4) is 11.1 Å². The molecular weight excluding hydrogens is 436 g/mol. The van der Waals surface area contributed by atoms with E-state index in [9.17, 15) is 9.90 Å². The molecule has 3 heterocycles. The van der Waals surface area contributed by atoms with Gasteiger partial charge in [-0.05, 0) is 73.1 Å². The van der Waals surface area contributed by atoms with E-state index in [2.05, 4.69) is 53.5 Å². The standard InChI is InChI=1S/C30H32N2O3/c1-19-14-21(15-20(2)31-19)30(34)16-22-8-7-9-23(17-30)32(22)29(33)35-18-28-26-12-5-3-10-24(26)25-11-4-6-13-27(25)28/h3-6,10-15,22-23,28,34H,7-9,16-18H2,1-2H3. The van der Waals surface area contributed by atoms with Gasteiger partial charge in [0, 0.05) is 42.2 Å². The Morgan fingerprint density at radius 3 is 2.09 bits per heavy atom. The van der Waals surface area contributed by atoms with Gasteiger partial charge in [0.1, 0.15) is 6.61 Å². The van der Waals surface area contributed by atoms with Crippen molar-refractivity contribution in [1.82, 2.24) is 9.88 Å². The van der Waals surface area contributed by atoms with Gasteiger partial charge in [-0.3, -0.25) is 4.98 Å². The van der Waals surface area contributed by atoms with Crippen LogP contribution in [-0.4, -0.2) is 39.8 Å². The van der Waals surface area contributed by atoms with Crippen molar-refractivity contribution < 1.29 is 14.6 Å². The molecule has 3 aromatic rings. The van der Waals surface area contributed by atoms with Crippen molar-refractivity contribution in [3.05, 3.63) is 88.7 Å². The van der Waals surface area contributed by atoms with Crippen LogP contribution in [0.3, 0.4) is 0 Å². The average molecular weight is 469 g/mol. The molecular formula is C30H32N2O3. The molecule has 3 aliphatic rings. The van der Waals surface area contributed by atoms with Crippen LogP contribution in [0.15, 0.2) is 60.7 Å². The lowest BCUT2D eigenvalue weighted by Gasteiger charge is -2.51. The normalized spacial score (nSPS) is 25.2. The number of aliphatic hydroxyl groups is 1. The number of carbonyl (C=O) groups is 1. The summed E-state index contributed by atoms with van der Waals surface area (Å²) in [6, 6.07) is 20.8. The number of benzene rings is 2. The van der Waals surface area contributed by atoms with Crippen molar-refractivity contribution in [2.24, 2.45) is 0 Å². The molecule has 2 aromatic carbocycles. The Kier molecular flexibility index (Phi) is 5.41. The second-order valence-electron chi connectivity index (χ2n) is 10.5. The van der Waals surface area contributed by atoms with Crippen LogP contribution >= 0.6 is 0 Å². The number of fused-ring (bicyclic) bond motifs is 5. The van der Waals surface area contributed by atoms with Crippen LogP contribution in [0.4, 0.5) is 4.79 Å². The van der Waals surface area contributed by atoms with Crippen LogP contribution in [0.2, 0.25) is 0 Å². The van der Waals surface area contributed by atoms with Gasteiger partial charge in [-0.2, -0.15) is 0 Å². The van der Waals surface area contributed by atoms with Gasteiger partial charge in [-0.15, -0.1) is 0 Å². The summed E-state index contributed by atoms with van der Waals surface area (Å²) < 4.78 is 6.02. The molecule has 1 aliphatic carbocycles. The second-order valence-corrected chi connectivity index (χ2v) is 10.5. The number of aromatic nitrogens is 1. The lowest BCUT2D eigenvalue weighted by Crippen LogP contribution is -2.59. The molecule has 35 heavy (non-hydrogen) atoms. The molecule has 6 rings (SSSR count). The van der Waals surface area contributed by atoms with Crippen LogP contribution in [0.25, 0.3) is 11.1 Å². The quantitative estimate of drug-likeness (QED) is 0.524. The summed E-state index contributed by atoms with van der Waals surface area (Å²) in [6.07, 6.45) is 3.70. The average Bonchev–Trinajstić information content (AvgIpc) is 3.15. The van der Waals surface area contributed by atoms with E-state index in [1.54, 1.807) is 0 Å². The fraction of sp³-hybridized carbons (Fsp3) is 0.400. The summed E-state index contributed by atoms with van der Waals surface area (Å²) in [4.78, 5) is 19.9.